The van der Waals surface area contributed by atoms with Crippen molar-refractivity contribution in [1.29, 1.82) is 0 Å². The van der Waals surface area contributed by atoms with Crippen LogP contribution in [0.1, 0.15) is 31.8 Å². The van der Waals surface area contributed by atoms with Crippen molar-refractivity contribution in [3.63, 3.8) is 0 Å². The average molecular weight is 418 g/mol. The van der Waals surface area contributed by atoms with Gasteiger partial charge in [-0.15, -0.1) is 0 Å². The quantitative estimate of drug-likeness (QED) is 0.514. The number of benzene rings is 3. The molecular weight excluding hydrogens is 392 g/mol. The monoisotopic (exact) mass is 418 g/mol. The predicted octanol–water partition coefficient (Wildman–Crippen LogP) is 4.83. The van der Waals surface area contributed by atoms with Crippen LogP contribution in [-0.2, 0) is 4.74 Å². The number of carbonyl (C=O) groups excluding carboxylic acids is 2. The first-order chi connectivity index (χ1) is 15.0. The minimum Gasteiger partial charge on any atom is -0.491 e. The molecule has 2 N–H and O–H groups in total. The van der Waals surface area contributed by atoms with Crippen LogP contribution in [0, 0.1) is 13.8 Å². The van der Waals surface area contributed by atoms with E-state index in [0.717, 1.165) is 11.1 Å². The molecule has 6 heteroatoms. The van der Waals surface area contributed by atoms with Crippen molar-refractivity contribution in [2.75, 3.05) is 31.0 Å². The molecule has 0 aliphatic carbocycles. The van der Waals surface area contributed by atoms with Crippen LogP contribution in [0.15, 0.2) is 66.7 Å². The first-order valence-corrected chi connectivity index (χ1v) is 9.98. The number of amides is 2. The lowest BCUT2D eigenvalue weighted by Crippen LogP contribution is -2.18. The largest absolute Gasteiger partial charge is 0.491 e. The van der Waals surface area contributed by atoms with Crippen molar-refractivity contribution in [3.8, 4) is 5.75 Å². The zero-order chi connectivity index (χ0) is 22.2. The van der Waals surface area contributed by atoms with Crippen molar-refractivity contribution in [2.24, 2.45) is 0 Å². The highest BCUT2D eigenvalue weighted by Crippen LogP contribution is 2.20. The number of para-hydroxylation sites is 1. The van der Waals surface area contributed by atoms with Crippen LogP contribution in [0.4, 0.5) is 11.4 Å². The van der Waals surface area contributed by atoms with E-state index in [0.29, 0.717) is 41.5 Å². The molecule has 0 aliphatic heterocycles. The number of hydrogen-bond acceptors (Lipinski definition) is 4. The van der Waals surface area contributed by atoms with E-state index in [2.05, 4.69) is 10.6 Å². The maximum atomic E-state index is 12.8. The van der Waals surface area contributed by atoms with Crippen molar-refractivity contribution in [1.82, 2.24) is 0 Å². The predicted molar refractivity (Wildman–Crippen MR) is 122 cm³/mol. The molecule has 3 aromatic carbocycles. The van der Waals surface area contributed by atoms with E-state index < -0.39 is 0 Å². The zero-order valence-electron chi connectivity index (χ0n) is 17.9. The van der Waals surface area contributed by atoms with E-state index in [1.807, 2.05) is 32.0 Å². The van der Waals surface area contributed by atoms with E-state index in [4.69, 9.17) is 9.47 Å². The van der Waals surface area contributed by atoms with Gasteiger partial charge in [-0.2, -0.15) is 0 Å². The first kappa shape index (κ1) is 22.1. The number of methoxy groups -OCH3 is 1. The molecule has 0 atom stereocenters. The molecule has 3 aromatic rings. The molecule has 31 heavy (non-hydrogen) atoms. The molecule has 0 aliphatic rings. The van der Waals surface area contributed by atoms with Gasteiger partial charge in [-0.3, -0.25) is 9.59 Å². The van der Waals surface area contributed by atoms with Gasteiger partial charge in [0.05, 0.1) is 17.9 Å². The molecule has 3 rings (SSSR count). The summed E-state index contributed by atoms with van der Waals surface area (Å²) < 4.78 is 10.5. The van der Waals surface area contributed by atoms with Gasteiger partial charge in [0, 0.05) is 18.4 Å². The van der Waals surface area contributed by atoms with Crippen molar-refractivity contribution < 1.29 is 19.1 Å². The lowest BCUT2D eigenvalue weighted by atomic mass is 10.1. The second-order valence-corrected chi connectivity index (χ2v) is 7.12. The molecule has 0 saturated heterocycles. The Morgan fingerprint density at radius 1 is 0.806 bits per heavy atom. The first-order valence-electron chi connectivity index (χ1n) is 9.98. The fraction of sp³-hybridized carbons (Fsp3) is 0.200. The highest BCUT2D eigenvalue weighted by Gasteiger charge is 2.15. The fourth-order valence-electron chi connectivity index (χ4n) is 2.95. The molecule has 160 valence electrons. The minimum absolute atomic E-state index is 0.291. The summed E-state index contributed by atoms with van der Waals surface area (Å²) >= 11 is 0. The SMILES string of the molecule is COCCOc1ccc(C(=O)Nc2ccccc2C(=O)Nc2ccc(C)c(C)c2)cc1. The summed E-state index contributed by atoms with van der Waals surface area (Å²) in [5, 5.41) is 5.72. The van der Waals surface area contributed by atoms with Gasteiger partial charge in [-0.05, 0) is 73.5 Å². The maximum absolute atomic E-state index is 12.8. The number of ether oxygens (including phenoxy) is 2. The van der Waals surface area contributed by atoms with Gasteiger partial charge in [-0.1, -0.05) is 18.2 Å². The van der Waals surface area contributed by atoms with E-state index >= 15 is 0 Å². The Balaban J connectivity index is 1.70. The summed E-state index contributed by atoms with van der Waals surface area (Å²) in [6.07, 6.45) is 0. The smallest absolute Gasteiger partial charge is 0.257 e. The zero-order valence-corrected chi connectivity index (χ0v) is 17.9. The minimum atomic E-state index is -0.310. The van der Waals surface area contributed by atoms with Gasteiger partial charge in [0.25, 0.3) is 11.8 Å². The Kier molecular flexibility index (Phi) is 7.40. The molecular formula is C25H26N2O4. The van der Waals surface area contributed by atoms with Gasteiger partial charge < -0.3 is 20.1 Å². The molecule has 2 amide bonds. The van der Waals surface area contributed by atoms with Crippen molar-refractivity contribution in [3.05, 3.63) is 89.0 Å². The van der Waals surface area contributed by atoms with Gasteiger partial charge in [-0.25, -0.2) is 0 Å². The second-order valence-electron chi connectivity index (χ2n) is 7.12. The van der Waals surface area contributed by atoms with E-state index in [1.54, 1.807) is 55.6 Å². The third-order valence-electron chi connectivity index (χ3n) is 4.86. The maximum Gasteiger partial charge on any atom is 0.257 e. The normalized spacial score (nSPS) is 10.4. The van der Waals surface area contributed by atoms with Gasteiger partial charge in [0.2, 0.25) is 0 Å². The van der Waals surface area contributed by atoms with Crippen LogP contribution < -0.4 is 15.4 Å². The number of hydrogen-bond donors (Lipinski definition) is 2. The topological polar surface area (TPSA) is 76.7 Å². The van der Waals surface area contributed by atoms with Crippen LogP contribution in [0.2, 0.25) is 0 Å². The van der Waals surface area contributed by atoms with Crippen LogP contribution in [0.3, 0.4) is 0 Å². The average Bonchev–Trinajstić information content (AvgIpc) is 2.77. The third kappa shape index (κ3) is 5.93. The Labute approximate surface area is 182 Å². The Bertz CT molecular complexity index is 1060. The number of carbonyl (C=O) groups is 2. The Hall–Kier alpha value is -3.64. The molecule has 0 aromatic heterocycles. The summed E-state index contributed by atoms with van der Waals surface area (Å²) in [7, 11) is 1.61. The standard InChI is InChI=1S/C25H26N2O4/c1-17-8-11-20(16-18(17)2)26-25(29)22-6-4-5-7-23(22)27-24(28)19-9-12-21(13-10-19)31-15-14-30-3/h4-13,16H,14-15H2,1-3H3,(H,26,29)(H,27,28). The molecule has 0 unspecified atom stereocenters. The fourth-order valence-corrected chi connectivity index (χ4v) is 2.95. The lowest BCUT2D eigenvalue weighted by molar-refractivity contribution is 0.102. The summed E-state index contributed by atoms with van der Waals surface area (Å²) in [4.78, 5) is 25.5. The summed E-state index contributed by atoms with van der Waals surface area (Å²) in [6, 6.07) is 19.5. The van der Waals surface area contributed by atoms with E-state index in [1.165, 1.54) is 0 Å². The number of nitrogens with one attached hydrogen (secondary N) is 2. The number of rotatable bonds is 8. The highest BCUT2D eigenvalue weighted by atomic mass is 16.5. The molecule has 0 saturated carbocycles. The van der Waals surface area contributed by atoms with E-state index in [-0.39, 0.29) is 11.8 Å². The number of anilines is 2. The highest BCUT2D eigenvalue weighted by molar-refractivity contribution is 6.12. The second kappa shape index (κ2) is 10.4. The van der Waals surface area contributed by atoms with Crippen LogP contribution in [0.5, 0.6) is 5.75 Å². The Morgan fingerprint density at radius 3 is 2.26 bits per heavy atom. The molecule has 0 spiro atoms. The molecule has 6 nitrogen and oxygen atoms in total. The van der Waals surface area contributed by atoms with Gasteiger partial charge in [0.1, 0.15) is 12.4 Å². The van der Waals surface area contributed by atoms with Gasteiger partial charge >= 0.3 is 0 Å². The third-order valence-corrected chi connectivity index (χ3v) is 4.86. The van der Waals surface area contributed by atoms with Crippen LogP contribution in [-0.4, -0.2) is 32.1 Å². The summed E-state index contributed by atoms with van der Waals surface area (Å²) in [6.45, 7) is 4.94. The Morgan fingerprint density at radius 2 is 1.55 bits per heavy atom. The van der Waals surface area contributed by atoms with Gasteiger partial charge in [0.15, 0.2) is 0 Å². The van der Waals surface area contributed by atoms with Crippen molar-refractivity contribution in [2.45, 2.75) is 13.8 Å². The van der Waals surface area contributed by atoms with Crippen LogP contribution in [0.25, 0.3) is 0 Å². The number of aryl methyl sites for hydroxylation is 2. The summed E-state index contributed by atoms with van der Waals surface area (Å²) in [5.74, 6) is 0.0534. The molecule has 0 radical (unpaired) electrons. The van der Waals surface area contributed by atoms with E-state index in [9.17, 15) is 9.59 Å². The summed E-state index contributed by atoms with van der Waals surface area (Å²) in [5.41, 5.74) is 4.24. The van der Waals surface area contributed by atoms with Crippen LogP contribution >= 0.6 is 0 Å². The lowest BCUT2D eigenvalue weighted by Gasteiger charge is -2.13. The van der Waals surface area contributed by atoms with Crippen molar-refractivity contribution >= 4 is 23.2 Å². The molecule has 0 fully saturated rings. The molecule has 0 heterocycles. The molecule has 0 bridgehead atoms.